The molecule has 162 valence electrons. The monoisotopic (exact) mass is 498 g/mol. The number of anilines is 1. The number of nitrogens with zero attached hydrogens (tertiary/aromatic N) is 2. The second-order valence-corrected chi connectivity index (χ2v) is 8.51. The fraction of sp³-hybridized carbons (Fsp3) is 0.611. The summed E-state index contributed by atoms with van der Waals surface area (Å²) in [5, 5.41) is 6.09. The van der Waals surface area contributed by atoms with Crippen molar-refractivity contribution in [3.63, 3.8) is 0 Å². The van der Waals surface area contributed by atoms with E-state index in [4.69, 9.17) is 11.6 Å². The molecule has 0 saturated carbocycles. The molecular formula is C18H23BrClF3N4O2. The van der Waals surface area contributed by atoms with Crippen molar-refractivity contribution < 1.29 is 22.7 Å². The number of carbonyl (C=O) groups excluding carboxylic acids is 1. The minimum Gasteiger partial charge on any atom is -0.405 e. The van der Waals surface area contributed by atoms with Crippen molar-refractivity contribution in [2.75, 3.05) is 38.0 Å². The summed E-state index contributed by atoms with van der Waals surface area (Å²) in [6.45, 7) is 6.27. The smallest absolute Gasteiger partial charge is 0.405 e. The van der Waals surface area contributed by atoms with Crippen LogP contribution in [0.15, 0.2) is 16.6 Å². The van der Waals surface area contributed by atoms with Crippen LogP contribution in [0.3, 0.4) is 0 Å². The first kappa shape index (κ1) is 22.5. The summed E-state index contributed by atoms with van der Waals surface area (Å²) in [5.74, 6) is -0.469. The number of ether oxygens (including phenoxy) is 1. The molecule has 1 atom stereocenters. The van der Waals surface area contributed by atoms with E-state index in [1.54, 1.807) is 4.90 Å². The van der Waals surface area contributed by atoms with Gasteiger partial charge in [-0.25, -0.2) is 4.79 Å². The Morgan fingerprint density at radius 2 is 2.00 bits per heavy atom. The molecule has 11 heteroatoms. The van der Waals surface area contributed by atoms with Gasteiger partial charge in [-0.05, 0) is 41.8 Å². The number of hydrogen-bond donors (Lipinski definition) is 2. The van der Waals surface area contributed by atoms with Crippen LogP contribution in [-0.4, -0.2) is 67.0 Å². The number of alkyl halides is 3. The quantitative estimate of drug-likeness (QED) is 0.651. The average molecular weight is 500 g/mol. The molecule has 29 heavy (non-hydrogen) atoms. The van der Waals surface area contributed by atoms with Crippen LogP contribution in [0.5, 0.6) is 5.75 Å². The Balaban J connectivity index is 1.60. The van der Waals surface area contributed by atoms with E-state index >= 15 is 0 Å². The molecule has 1 aromatic rings. The van der Waals surface area contributed by atoms with Crippen molar-refractivity contribution in [2.24, 2.45) is 0 Å². The molecule has 2 aliphatic heterocycles. The topological polar surface area (TPSA) is 56.8 Å². The third-order valence-electron chi connectivity index (χ3n) is 5.26. The first-order chi connectivity index (χ1) is 13.6. The summed E-state index contributed by atoms with van der Waals surface area (Å²) in [7, 11) is 0. The number of halogens is 5. The number of benzene rings is 1. The normalized spacial score (nSPS) is 21.9. The van der Waals surface area contributed by atoms with Crippen molar-refractivity contribution >= 4 is 39.2 Å². The van der Waals surface area contributed by atoms with E-state index in [2.05, 4.69) is 43.1 Å². The Hall–Kier alpha value is -1.23. The lowest BCUT2D eigenvalue weighted by Crippen LogP contribution is -2.57. The molecule has 1 aromatic carbocycles. The van der Waals surface area contributed by atoms with Crippen molar-refractivity contribution in [1.82, 2.24) is 15.1 Å². The predicted octanol–water partition coefficient (Wildman–Crippen LogP) is 4.29. The molecule has 2 aliphatic rings. The van der Waals surface area contributed by atoms with Crippen LogP contribution in [0.1, 0.15) is 19.8 Å². The lowest BCUT2D eigenvalue weighted by molar-refractivity contribution is -0.274. The molecule has 2 heterocycles. The highest BCUT2D eigenvalue weighted by molar-refractivity contribution is 9.10. The highest BCUT2D eigenvalue weighted by Gasteiger charge is 2.33. The molecule has 0 radical (unpaired) electrons. The van der Waals surface area contributed by atoms with E-state index < -0.39 is 12.1 Å². The Bertz CT molecular complexity index is 745. The standard InChI is InChI=1S/C18H23BrClF3N4O2/c1-11-10-24-4-7-27(11)12-2-5-26(6-3-12)17(28)25-15-9-16(29-18(21,22)23)13(19)8-14(15)20/h8-9,11-12,24H,2-7,10H2,1H3,(H,25,28)/t11-/m0/s1. The lowest BCUT2D eigenvalue weighted by atomic mass is 10.0. The number of carbonyl (C=O) groups is 1. The van der Waals surface area contributed by atoms with E-state index in [-0.39, 0.29) is 21.2 Å². The van der Waals surface area contributed by atoms with Gasteiger partial charge in [0.05, 0.1) is 15.2 Å². The largest absolute Gasteiger partial charge is 0.573 e. The van der Waals surface area contributed by atoms with Crippen LogP contribution in [-0.2, 0) is 0 Å². The number of likely N-dealkylation sites (tertiary alicyclic amines) is 1. The molecule has 2 N–H and O–H groups in total. The van der Waals surface area contributed by atoms with Gasteiger partial charge in [-0.1, -0.05) is 11.6 Å². The zero-order valence-electron chi connectivity index (χ0n) is 15.9. The molecule has 2 fully saturated rings. The molecule has 6 nitrogen and oxygen atoms in total. The summed E-state index contributed by atoms with van der Waals surface area (Å²) in [6.07, 6.45) is -3.14. The van der Waals surface area contributed by atoms with Gasteiger partial charge in [-0.2, -0.15) is 0 Å². The van der Waals surface area contributed by atoms with Crippen LogP contribution >= 0.6 is 27.5 Å². The van der Waals surface area contributed by atoms with Crippen LogP contribution in [0.4, 0.5) is 23.7 Å². The van der Waals surface area contributed by atoms with Crippen molar-refractivity contribution in [2.45, 2.75) is 38.2 Å². The number of rotatable bonds is 3. The minimum atomic E-state index is -4.85. The van der Waals surface area contributed by atoms with Crippen molar-refractivity contribution in [1.29, 1.82) is 0 Å². The fourth-order valence-corrected chi connectivity index (χ4v) is 4.59. The van der Waals surface area contributed by atoms with Gasteiger partial charge in [0.15, 0.2) is 0 Å². The number of urea groups is 1. The Kier molecular flexibility index (Phi) is 7.19. The molecule has 0 spiro atoms. The maximum Gasteiger partial charge on any atom is 0.573 e. The summed E-state index contributed by atoms with van der Waals surface area (Å²) in [4.78, 5) is 16.7. The van der Waals surface area contributed by atoms with Gasteiger partial charge >= 0.3 is 12.4 Å². The number of piperazine rings is 1. The van der Waals surface area contributed by atoms with E-state index in [0.717, 1.165) is 38.5 Å². The van der Waals surface area contributed by atoms with E-state index in [0.29, 0.717) is 25.2 Å². The summed E-state index contributed by atoms with van der Waals surface area (Å²) in [6, 6.07) is 2.82. The molecule has 3 rings (SSSR count). The average Bonchev–Trinajstić information content (AvgIpc) is 2.65. The fourth-order valence-electron chi connectivity index (χ4n) is 3.82. The number of piperidine rings is 1. The Labute approximate surface area is 180 Å². The first-order valence-electron chi connectivity index (χ1n) is 9.41. The molecule has 0 bridgehead atoms. The predicted molar refractivity (Wildman–Crippen MR) is 108 cm³/mol. The van der Waals surface area contributed by atoms with Gasteiger partial charge in [-0.3, -0.25) is 4.90 Å². The van der Waals surface area contributed by atoms with E-state index in [9.17, 15) is 18.0 Å². The van der Waals surface area contributed by atoms with Crippen molar-refractivity contribution in [3.05, 3.63) is 21.6 Å². The second kappa shape index (κ2) is 9.28. The molecule has 0 unspecified atom stereocenters. The summed E-state index contributed by atoms with van der Waals surface area (Å²) >= 11 is 9.07. The second-order valence-electron chi connectivity index (χ2n) is 7.25. The summed E-state index contributed by atoms with van der Waals surface area (Å²) in [5.41, 5.74) is 0.0666. The lowest BCUT2D eigenvalue weighted by Gasteiger charge is -2.43. The third kappa shape index (κ3) is 5.90. The molecule has 0 aliphatic carbocycles. The Morgan fingerprint density at radius 1 is 1.31 bits per heavy atom. The zero-order valence-corrected chi connectivity index (χ0v) is 18.2. The molecule has 2 saturated heterocycles. The first-order valence-corrected chi connectivity index (χ1v) is 10.6. The maximum atomic E-state index is 12.6. The highest BCUT2D eigenvalue weighted by Crippen LogP contribution is 2.37. The van der Waals surface area contributed by atoms with Gasteiger partial charge in [0.25, 0.3) is 0 Å². The van der Waals surface area contributed by atoms with Gasteiger partial charge in [0, 0.05) is 50.9 Å². The van der Waals surface area contributed by atoms with Crippen LogP contribution in [0.2, 0.25) is 5.02 Å². The maximum absolute atomic E-state index is 12.6. The van der Waals surface area contributed by atoms with Gasteiger partial charge in [0.2, 0.25) is 0 Å². The molecular weight excluding hydrogens is 477 g/mol. The number of hydrogen-bond acceptors (Lipinski definition) is 4. The van der Waals surface area contributed by atoms with Gasteiger partial charge in [-0.15, -0.1) is 13.2 Å². The SMILES string of the molecule is C[C@H]1CNCCN1C1CCN(C(=O)Nc2cc(OC(F)(F)F)c(Br)cc2Cl)CC1. The third-order valence-corrected chi connectivity index (χ3v) is 6.19. The number of nitrogens with one attached hydrogen (secondary N) is 2. The van der Waals surface area contributed by atoms with Crippen LogP contribution in [0, 0.1) is 0 Å². The minimum absolute atomic E-state index is 0.0452. The van der Waals surface area contributed by atoms with Crippen molar-refractivity contribution in [3.8, 4) is 5.75 Å². The van der Waals surface area contributed by atoms with Crippen LogP contribution < -0.4 is 15.4 Å². The Morgan fingerprint density at radius 3 is 2.62 bits per heavy atom. The van der Waals surface area contributed by atoms with Gasteiger partial charge < -0.3 is 20.3 Å². The van der Waals surface area contributed by atoms with Gasteiger partial charge in [0.1, 0.15) is 5.75 Å². The van der Waals surface area contributed by atoms with Crippen LogP contribution in [0.25, 0.3) is 0 Å². The molecule has 0 aromatic heterocycles. The van der Waals surface area contributed by atoms with E-state index in [1.807, 2.05) is 0 Å². The zero-order chi connectivity index (χ0) is 21.2. The highest BCUT2D eigenvalue weighted by atomic mass is 79.9. The molecule has 2 amide bonds. The van der Waals surface area contributed by atoms with E-state index in [1.165, 1.54) is 6.07 Å². The summed E-state index contributed by atoms with van der Waals surface area (Å²) < 4.78 is 41.6. The number of amides is 2.